The van der Waals surface area contributed by atoms with Gasteiger partial charge >= 0.3 is 7.12 Å². The minimum atomic E-state index is -1.77. The number of carbonyl (C=O) groups is 4. The third-order valence-corrected chi connectivity index (χ3v) is 8.82. The van der Waals surface area contributed by atoms with E-state index in [9.17, 15) is 34.3 Å². The first-order valence-electron chi connectivity index (χ1n) is 13.6. The molecule has 1 aliphatic heterocycles. The fourth-order valence-electron chi connectivity index (χ4n) is 6.96. The quantitative estimate of drug-likeness (QED) is 0.226. The molecule has 9 heteroatoms. The Morgan fingerprint density at radius 3 is 2.54 bits per heavy atom. The van der Waals surface area contributed by atoms with E-state index in [4.69, 9.17) is 0 Å². The van der Waals surface area contributed by atoms with Gasteiger partial charge in [0, 0.05) is 28.2 Å². The number of allylic oxidation sites excluding steroid dienone is 7. The largest absolute Gasteiger partial charge is 0.507 e. The SMILES string of the molecule is C=CCc1cccc([C@H]2C3=CC[C@@H]4C(=O)N(c5cccc(B(O)O)c5)C(=O)[C@@H]4[C@@H]3CC3=C2C(=O)C(C)=CC3=O)c1O. The first kappa shape index (κ1) is 26.9. The number of Topliss-reactive ketones (excluding diaryl/α,β-unsaturated/α-hetero) is 1. The van der Waals surface area contributed by atoms with Crippen molar-refractivity contribution < 1.29 is 34.3 Å². The smallest absolute Gasteiger partial charge is 0.488 e. The third-order valence-electron chi connectivity index (χ3n) is 8.82. The van der Waals surface area contributed by atoms with Crippen LogP contribution in [0.3, 0.4) is 0 Å². The Kier molecular flexibility index (Phi) is 6.51. The second-order valence-electron chi connectivity index (χ2n) is 11.1. The summed E-state index contributed by atoms with van der Waals surface area (Å²) >= 11 is 0. The van der Waals surface area contributed by atoms with Crippen molar-refractivity contribution >= 4 is 41.6 Å². The molecule has 6 rings (SSSR count). The summed E-state index contributed by atoms with van der Waals surface area (Å²) in [4.78, 5) is 55.6. The number of amides is 2. The Hall–Kier alpha value is -4.34. The first-order valence-corrected chi connectivity index (χ1v) is 13.6. The lowest BCUT2D eigenvalue weighted by molar-refractivity contribution is -0.123. The van der Waals surface area contributed by atoms with Crippen LogP contribution in [0.25, 0.3) is 0 Å². The van der Waals surface area contributed by atoms with Crippen molar-refractivity contribution in [3.63, 3.8) is 0 Å². The molecule has 0 saturated carbocycles. The van der Waals surface area contributed by atoms with E-state index in [1.807, 2.05) is 6.08 Å². The van der Waals surface area contributed by atoms with Gasteiger partial charge in [0.1, 0.15) is 5.75 Å². The van der Waals surface area contributed by atoms with Crippen LogP contribution in [0.5, 0.6) is 5.75 Å². The molecule has 0 aromatic heterocycles. The minimum absolute atomic E-state index is 0.00945. The van der Waals surface area contributed by atoms with Gasteiger partial charge in [-0.2, -0.15) is 0 Å². The minimum Gasteiger partial charge on any atom is -0.507 e. The Morgan fingerprint density at radius 1 is 1.05 bits per heavy atom. The van der Waals surface area contributed by atoms with Crippen molar-refractivity contribution in [1.82, 2.24) is 0 Å². The van der Waals surface area contributed by atoms with Gasteiger partial charge in [0.05, 0.1) is 17.5 Å². The first-order chi connectivity index (χ1) is 19.6. The van der Waals surface area contributed by atoms with E-state index >= 15 is 0 Å². The average molecular weight is 549 g/mol. The Balaban J connectivity index is 1.49. The number of hydrogen-bond acceptors (Lipinski definition) is 7. The van der Waals surface area contributed by atoms with Gasteiger partial charge < -0.3 is 15.2 Å². The molecule has 0 spiro atoms. The van der Waals surface area contributed by atoms with Crippen molar-refractivity contribution in [3.05, 3.63) is 101 Å². The standard InChI is InChI=1S/C32H28BNO7/c1-3-6-17-7-4-10-21(30(17)37)26-20-11-12-22-27(23(20)15-24-25(35)13-16(2)29(36)28(24)26)32(39)34(31(22)38)19-9-5-8-18(14-19)33(40)41/h3-5,7-11,13-14,22-23,26-27,37,40-41H,1,6,12,15H2,2H3/t22-,23+,26+,27-/m0/s1. The number of rotatable bonds is 5. The van der Waals surface area contributed by atoms with Gasteiger partial charge in [0.15, 0.2) is 11.6 Å². The number of hydrogen-bond donors (Lipinski definition) is 3. The summed E-state index contributed by atoms with van der Waals surface area (Å²) < 4.78 is 0. The van der Waals surface area contributed by atoms with Gasteiger partial charge in [-0.3, -0.25) is 24.1 Å². The number of phenols is 1. The lowest BCUT2D eigenvalue weighted by Crippen LogP contribution is -2.40. The molecular weight excluding hydrogens is 521 g/mol. The lowest BCUT2D eigenvalue weighted by Gasteiger charge is -2.42. The average Bonchev–Trinajstić information content (AvgIpc) is 3.21. The molecule has 3 aliphatic carbocycles. The fourth-order valence-corrected chi connectivity index (χ4v) is 6.96. The number of nitrogens with zero attached hydrogens (tertiary/aromatic N) is 1. The van der Waals surface area contributed by atoms with Crippen LogP contribution >= 0.6 is 0 Å². The Bertz CT molecular complexity index is 1650. The monoisotopic (exact) mass is 549 g/mol. The number of para-hydroxylation sites is 1. The summed E-state index contributed by atoms with van der Waals surface area (Å²) in [5.74, 6) is -4.14. The van der Waals surface area contributed by atoms with Crippen LogP contribution in [0.1, 0.15) is 36.8 Å². The van der Waals surface area contributed by atoms with Crippen LogP contribution in [-0.2, 0) is 25.6 Å². The Morgan fingerprint density at radius 2 is 1.80 bits per heavy atom. The predicted octanol–water partition coefficient (Wildman–Crippen LogP) is 2.43. The van der Waals surface area contributed by atoms with Crippen molar-refractivity contribution in [2.75, 3.05) is 4.90 Å². The maximum Gasteiger partial charge on any atom is 0.488 e. The summed E-state index contributed by atoms with van der Waals surface area (Å²) in [6.07, 6.45) is 5.67. The van der Waals surface area contributed by atoms with E-state index in [0.717, 1.165) is 10.5 Å². The highest BCUT2D eigenvalue weighted by molar-refractivity contribution is 6.58. The van der Waals surface area contributed by atoms with Crippen molar-refractivity contribution in [1.29, 1.82) is 0 Å². The molecule has 8 nitrogen and oxygen atoms in total. The van der Waals surface area contributed by atoms with E-state index in [2.05, 4.69) is 6.58 Å². The van der Waals surface area contributed by atoms with Gasteiger partial charge in [0.2, 0.25) is 11.8 Å². The molecule has 0 radical (unpaired) electrons. The summed E-state index contributed by atoms with van der Waals surface area (Å²) in [6, 6.07) is 11.3. The summed E-state index contributed by atoms with van der Waals surface area (Å²) in [6.45, 7) is 5.36. The molecule has 0 unspecified atom stereocenters. The molecular formula is C32H28BNO7. The van der Waals surface area contributed by atoms with Gasteiger partial charge in [-0.25, -0.2) is 0 Å². The molecule has 3 N–H and O–H groups in total. The zero-order valence-electron chi connectivity index (χ0n) is 22.4. The van der Waals surface area contributed by atoms with Gasteiger partial charge in [-0.05, 0) is 61.3 Å². The number of imide groups is 1. The highest BCUT2D eigenvalue weighted by Crippen LogP contribution is 2.56. The Labute approximate surface area is 237 Å². The molecule has 1 saturated heterocycles. The van der Waals surface area contributed by atoms with Gasteiger partial charge in [0.25, 0.3) is 0 Å². The van der Waals surface area contributed by atoms with Gasteiger partial charge in [-0.1, -0.05) is 48.1 Å². The molecule has 41 heavy (non-hydrogen) atoms. The molecule has 4 atom stereocenters. The van der Waals surface area contributed by atoms with E-state index in [1.165, 1.54) is 18.2 Å². The molecule has 1 heterocycles. The van der Waals surface area contributed by atoms with Crippen LogP contribution in [0.15, 0.2) is 89.6 Å². The maximum absolute atomic E-state index is 14.0. The molecule has 0 bridgehead atoms. The molecule has 4 aliphatic rings. The molecule has 2 amide bonds. The van der Waals surface area contributed by atoms with E-state index in [-0.39, 0.29) is 41.3 Å². The van der Waals surface area contributed by atoms with Crippen LogP contribution in [0, 0.1) is 17.8 Å². The second kappa shape index (κ2) is 9.94. The topological polar surface area (TPSA) is 132 Å². The second-order valence-corrected chi connectivity index (χ2v) is 11.1. The van der Waals surface area contributed by atoms with Crippen LogP contribution in [-0.4, -0.2) is 45.7 Å². The summed E-state index contributed by atoms with van der Waals surface area (Å²) in [5.41, 5.74) is 3.18. The van der Waals surface area contributed by atoms with Crippen molar-refractivity contribution in [3.8, 4) is 5.75 Å². The number of carbonyl (C=O) groups excluding carboxylic acids is 4. The number of phenolic OH excluding ortho intramolecular Hbond substituents is 1. The summed E-state index contributed by atoms with van der Waals surface area (Å²) in [5, 5.41) is 30.6. The third kappa shape index (κ3) is 4.07. The molecule has 2 aromatic rings. The number of ketones is 2. The zero-order valence-corrected chi connectivity index (χ0v) is 22.4. The molecule has 206 valence electrons. The van der Waals surface area contributed by atoms with E-state index in [0.29, 0.717) is 34.3 Å². The number of fused-ring (bicyclic) bond motifs is 3. The van der Waals surface area contributed by atoms with Gasteiger partial charge in [-0.15, -0.1) is 6.58 Å². The fraction of sp³-hybridized carbons (Fsp3) is 0.250. The van der Waals surface area contributed by atoms with E-state index < -0.39 is 42.6 Å². The molecule has 2 aromatic carbocycles. The zero-order chi connectivity index (χ0) is 29.2. The van der Waals surface area contributed by atoms with Crippen LogP contribution in [0.4, 0.5) is 5.69 Å². The van der Waals surface area contributed by atoms with E-state index in [1.54, 1.807) is 43.3 Å². The predicted molar refractivity (Wildman–Crippen MR) is 152 cm³/mol. The number of benzene rings is 2. The highest BCUT2D eigenvalue weighted by Gasteiger charge is 2.57. The maximum atomic E-state index is 14.0. The normalized spacial score (nSPS) is 25.4. The van der Waals surface area contributed by atoms with Crippen molar-refractivity contribution in [2.24, 2.45) is 17.8 Å². The number of anilines is 1. The lowest BCUT2D eigenvalue weighted by atomic mass is 9.59. The number of aromatic hydroxyl groups is 1. The van der Waals surface area contributed by atoms with Crippen LogP contribution in [0.2, 0.25) is 0 Å². The highest BCUT2D eigenvalue weighted by atomic mass is 16.4. The van der Waals surface area contributed by atoms with Crippen molar-refractivity contribution in [2.45, 2.75) is 32.1 Å². The van der Waals surface area contributed by atoms with Crippen LogP contribution < -0.4 is 10.4 Å². The molecule has 1 fully saturated rings. The summed E-state index contributed by atoms with van der Waals surface area (Å²) in [7, 11) is -1.77.